The molecule has 0 aliphatic rings. The van der Waals surface area contributed by atoms with E-state index in [2.05, 4.69) is 26.2 Å². The van der Waals surface area contributed by atoms with Gasteiger partial charge in [-0.05, 0) is 12.1 Å². The van der Waals surface area contributed by atoms with Gasteiger partial charge in [0, 0.05) is 10.0 Å². The molecule has 0 fully saturated rings. The summed E-state index contributed by atoms with van der Waals surface area (Å²) in [6.07, 6.45) is 1.82. The lowest BCUT2D eigenvalue weighted by Crippen LogP contribution is -2.01. The molecule has 2 rings (SSSR count). The highest BCUT2D eigenvalue weighted by molar-refractivity contribution is 9.10. The minimum Gasteiger partial charge on any atom is -0.394 e. The molecule has 0 unspecified atom stereocenters. The zero-order valence-electron chi connectivity index (χ0n) is 7.97. The Morgan fingerprint density at radius 2 is 2.00 bits per heavy atom. The molecule has 0 spiro atoms. The summed E-state index contributed by atoms with van der Waals surface area (Å²) >= 11 is 3.37. The van der Waals surface area contributed by atoms with Gasteiger partial charge >= 0.3 is 0 Å². The van der Waals surface area contributed by atoms with Gasteiger partial charge in [-0.3, -0.25) is 0 Å². The van der Waals surface area contributed by atoms with Gasteiger partial charge in [0.15, 0.2) is 0 Å². The molecule has 1 aromatic carbocycles. The monoisotopic (exact) mass is 267 g/mol. The van der Waals surface area contributed by atoms with E-state index in [0.717, 1.165) is 15.7 Å². The number of benzene rings is 1. The van der Waals surface area contributed by atoms with Crippen LogP contribution in [0.5, 0.6) is 0 Å². The maximum atomic E-state index is 8.74. The molecule has 0 amide bonds. The molecule has 0 aliphatic heterocycles. The summed E-state index contributed by atoms with van der Waals surface area (Å²) < 4.78 is 2.66. The molecule has 0 bridgehead atoms. The first kappa shape index (κ1) is 10.3. The van der Waals surface area contributed by atoms with Gasteiger partial charge in [0.2, 0.25) is 0 Å². The first-order chi connectivity index (χ1) is 7.29. The molecule has 0 saturated heterocycles. The Morgan fingerprint density at radius 1 is 1.27 bits per heavy atom. The van der Waals surface area contributed by atoms with Crippen LogP contribution in [-0.4, -0.2) is 26.7 Å². The van der Waals surface area contributed by atoms with Gasteiger partial charge in [-0.15, -0.1) is 5.10 Å². The minimum atomic E-state index is 0.0726. The average Bonchev–Trinajstić information content (AvgIpc) is 2.68. The van der Waals surface area contributed by atoms with Crippen molar-refractivity contribution in [1.82, 2.24) is 15.0 Å². The van der Waals surface area contributed by atoms with E-state index >= 15 is 0 Å². The van der Waals surface area contributed by atoms with E-state index in [1.54, 1.807) is 4.68 Å². The molecule has 1 N–H and O–H groups in total. The van der Waals surface area contributed by atoms with Gasteiger partial charge in [0.05, 0.1) is 19.3 Å². The highest BCUT2D eigenvalue weighted by Gasteiger charge is 2.02. The fraction of sp³-hybridized carbons (Fsp3) is 0.200. The second-order valence-electron chi connectivity index (χ2n) is 3.10. The van der Waals surface area contributed by atoms with Gasteiger partial charge in [-0.2, -0.15) is 0 Å². The van der Waals surface area contributed by atoms with E-state index in [-0.39, 0.29) is 6.61 Å². The van der Waals surface area contributed by atoms with Crippen LogP contribution in [0.2, 0.25) is 0 Å². The Bertz CT molecular complexity index is 438. The fourth-order valence-corrected chi connectivity index (χ4v) is 1.53. The summed E-state index contributed by atoms with van der Waals surface area (Å²) in [5, 5.41) is 16.7. The number of aromatic nitrogens is 3. The largest absolute Gasteiger partial charge is 0.394 e. The lowest BCUT2D eigenvalue weighted by molar-refractivity contribution is 0.268. The van der Waals surface area contributed by atoms with Crippen molar-refractivity contribution in [2.24, 2.45) is 0 Å². The van der Waals surface area contributed by atoms with E-state index in [1.165, 1.54) is 0 Å². The number of hydrogen-bond donors (Lipinski definition) is 1. The van der Waals surface area contributed by atoms with Gasteiger partial charge in [0.1, 0.15) is 5.69 Å². The lowest BCUT2D eigenvalue weighted by Gasteiger charge is -1.95. The number of hydrogen-bond acceptors (Lipinski definition) is 3. The van der Waals surface area contributed by atoms with Crippen molar-refractivity contribution in [3.05, 3.63) is 34.9 Å². The number of nitrogens with zero attached hydrogens (tertiary/aromatic N) is 3. The van der Waals surface area contributed by atoms with Gasteiger partial charge < -0.3 is 5.11 Å². The zero-order chi connectivity index (χ0) is 10.7. The molecule has 2 aromatic rings. The molecular formula is C10H10BrN3O. The third-order valence-corrected chi connectivity index (χ3v) is 2.54. The van der Waals surface area contributed by atoms with Crippen LogP contribution in [0.25, 0.3) is 11.3 Å². The van der Waals surface area contributed by atoms with Crippen molar-refractivity contribution >= 4 is 15.9 Å². The standard InChI is InChI=1S/C10H10BrN3O/c11-9-3-1-8(2-4-9)10-7-14(5-6-15)13-12-10/h1-4,7,15H,5-6H2. The van der Waals surface area contributed by atoms with Crippen LogP contribution in [0.1, 0.15) is 0 Å². The molecule has 0 saturated carbocycles. The van der Waals surface area contributed by atoms with Crippen molar-refractivity contribution < 1.29 is 5.11 Å². The van der Waals surface area contributed by atoms with Crippen LogP contribution in [0.4, 0.5) is 0 Å². The maximum Gasteiger partial charge on any atom is 0.113 e. The number of aliphatic hydroxyl groups is 1. The molecule has 0 atom stereocenters. The number of aliphatic hydroxyl groups excluding tert-OH is 1. The fourth-order valence-electron chi connectivity index (χ4n) is 1.26. The number of halogens is 1. The molecule has 0 radical (unpaired) electrons. The molecule has 5 heteroatoms. The third-order valence-electron chi connectivity index (χ3n) is 2.01. The van der Waals surface area contributed by atoms with Crippen molar-refractivity contribution in [2.75, 3.05) is 6.61 Å². The Labute approximate surface area is 95.7 Å². The normalized spacial score (nSPS) is 10.5. The van der Waals surface area contributed by atoms with Gasteiger partial charge in [-0.25, -0.2) is 4.68 Å². The van der Waals surface area contributed by atoms with Crippen LogP contribution >= 0.6 is 15.9 Å². The molecule has 15 heavy (non-hydrogen) atoms. The zero-order valence-corrected chi connectivity index (χ0v) is 9.55. The molecule has 1 heterocycles. The Morgan fingerprint density at radius 3 is 2.67 bits per heavy atom. The Hall–Kier alpha value is -1.20. The maximum absolute atomic E-state index is 8.74. The predicted molar refractivity (Wildman–Crippen MR) is 60.2 cm³/mol. The van der Waals surface area contributed by atoms with Crippen LogP contribution in [0.15, 0.2) is 34.9 Å². The second kappa shape index (κ2) is 4.55. The van der Waals surface area contributed by atoms with E-state index < -0.39 is 0 Å². The first-order valence-corrected chi connectivity index (χ1v) is 5.36. The summed E-state index contributed by atoms with van der Waals surface area (Å²) in [6, 6.07) is 7.86. The molecule has 0 aliphatic carbocycles. The second-order valence-corrected chi connectivity index (χ2v) is 4.01. The smallest absolute Gasteiger partial charge is 0.113 e. The number of rotatable bonds is 3. The summed E-state index contributed by atoms with van der Waals surface area (Å²) in [4.78, 5) is 0. The first-order valence-electron chi connectivity index (χ1n) is 4.56. The van der Waals surface area contributed by atoms with Crippen molar-refractivity contribution in [3.63, 3.8) is 0 Å². The molecular weight excluding hydrogens is 258 g/mol. The Kier molecular flexibility index (Phi) is 3.13. The van der Waals surface area contributed by atoms with E-state index in [1.807, 2.05) is 30.5 Å². The van der Waals surface area contributed by atoms with Crippen molar-refractivity contribution in [2.45, 2.75) is 6.54 Å². The summed E-state index contributed by atoms with van der Waals surface area (Å²) in [7, 11) is 0. The molecule has 1 aromatic heterocycles. The average molecular weight is 268 g/mol. The van der Waals surface area contributed by atoms with E-state index in [4.69, 9.17) is 5.11 Å². The summed E-state index contributed by atoms with van der Waals surface area (Å²) in [5.41, 5.74) is 1.83. The van der Waals surface area contributed by atoms with Crippen LogP contribution in [-0.2, 0) is 6.54 Å². The third kappa shape index (κ3) is 2.43. The topological polar surface area (TPSA) is 50.9 Å². The summed E-state index contributed by atoms with van der Waals surface area (Å²) in [6.45, 7) is 0.548. The Balaban J connectivity index is 2.25. The predicted octanol–water partition coefficient (Wildman–Crippen LogP) is 1.70. The molecule has 78 valence electrons. The van der Waals surface area contributed by atoms with Crippen molar-refractivity contribution in [1.29, 1.82) is 0 Å². The van der Waals surface area contributed by atoms with E-state index in [9.17, 15) is 0 Å². The quantitative estimate of drug-likeness (QED) is 0.921. The highest BCUT2D eigenvalue weighted by atomic mass is 79.9. The van der Waals surface area contributed by atoms with E-state index in [0.29, 0.717) is 6.54 Å². The highest BCUT2D eigenvalue weighted by Crippen LogP contribution is 2.18. The van der Waals surface area contributed by atoms with Crippen molar-refractivity contribution in [3.8, 4) is 11.3 Å². The molecule has 4 nitrogen and oxygen atoms in total. The minimum absolute atomic E-state index is 0.0726. The lowest BCUT2D eigenvalue weighted by atomic mass is 10.2. The van der Waals surface area contributed by atoms with Crippen LogP contribution in [0.3, 0.4) is 0 Å². The summed E-state index contributed by atoms with van der Waals surface area (Å²) in [5.74, 6) is 0. The van der Waals surface area contributed by atoms with Gasteiger partial charge in [0.25, 0.3) is 0 Å². The van der Waals surface area contributed by atoms with Crippen LogP contribution < -0.4 is 0 Å². The van der Waals surface area contributed by atoms with Gasteiger partial charge in [-0.1, -0.05) is 33.3 Å². The van der Waals surface area contributed by atoms with Crippen LogP contribution in [0, 0.1) is 0 Å². The SMILES string of the molecule is OCCn1cc(-c2ccc(Br)cc2)nn1.